The highest BCUT2D eigenvalue weighted by molar-refractivity contribution is 5.96. The molecular formula is C24H21N3O5. The van der Waals surface area contributed by atoms with E-state index < -0.39 is 11.5 Å². The van der Waals surface area contributed by atoms with Crippen molar-refractivity contribution in [2.24, 2.45) is 0 Å². The van der Waals surface area contributed by atoms with Crippen LogP contribution in [0, 0.1) is 0 Å². The van der Waals surface area contributed by atoms with Gasteiger partial charge < -0.3 is 14.5 Å². The Morgan fingerprint density at radius 1 is 1.06 bits per heavy atom. The first-order valence-corrected chi connectivity index (χ1v) is 10.1. The zero-order valence-corrected chi connectivity index (χ0v) is 17.4. The minimum absolute atomic E-state index is 0.0551. The number of carbonyl (C=O) groups is 1. The highest BCUT2D eigenvalue weighted by atomic mass is 16.5. The molecule has 4 aromatic rings. The summed E-state index contributed by atoms with van der Waals surface area (Å²) in [6.45, 7) is 0.585. The lowest BCUT2D eigenvalue weighted by Crippen LogP contribution is -2.30. The molecule has 0 saturated heterocycles. The minimum Gasteiger partial charge on any atom is -0.497 e. The van der Waals surface area contributed by atoms with Crippen LogP contribution in [0.1, 0.15) is 16.8 Å². The van der Waals surface area contributed by atoms with Crippen molar-refractivity contribution in [1.29, 1.82) is 0 Å². The molecule has 1 N–H and O–H groups in total. The molecule has 0 spiro atoms. The van der Waals surface area contributed by atoms with E-state index >= 15 is 0 Å². The fraction of sp³-hybridized carbons (Fsp3) is 0.167. The molecule has 0 fully saturated rings. The van der Waals surface area contributed by atoms with Gasteiger partial charge in [-0.25, -0.2) is 9.48 Å². The van der Waals surface area contributed by atoms with Crippen molar-refractivity contribution in [3.63, 3.8) is 0 Å². The van der Waals surface area contributed by atoms with Crippen LogP contribution < -0.4 is 21.2 Å². The number of hydrogen-bond donors (Lipinski definition) is 1. The maximum absolute atomic E-state index is 12.4. The topological polar surface area (TPSA) is 103 Å². The second-order valence-corrected chi connectivity index (χ2v) is 7.10. The predicted molar refractivity (Wildman–Crippen MR) is 120 cm³/mol. The molecule has 0 aliphatic carbocycles. The molecule has 8 heteroatoms. The molecule has 0 aliphatic rings. The van der Waals surface area contributed by atoms with Crippen LogP contribution in [0.3, 0.4) is 0 Å². The number of ether oxygens (including phenoxy) is 1. The van der Waals surface area contributed by atoms with E-state index in [-0.39, 0.29) is 17.7 Å². The molecule has 0 atom stereocenters. The SMILES string of the molecule is COc1ccc(-c2ccc(=O)n(CCCNC(=O)c3cc4ccccc4oc3=O)n2)cc1. The summed E-state index contributed by atoms with van der Waals surface area (Å²) < 4.78 is 11.7. The van der Waals surface area contributed by atoms with Crippen molar-refractivity contribution >= 4 is 16.9 Å². The van der Waals surface area contributed by atoms with Crippen LogP contribution in [-0.4, -0.2) is 29.3 Å². The molecule has 4 rings (SSSR count). The number of benzene rings is 2. The summed E-state index contributed by atoms with van der Waals surface area (Å²) in [6.07, 6.45) is 0.462. The van der Waals surface area contributed by atoms with E-state index in [9.17, 15) is 14.4 Å². The fourth-order valence-electron chi connectivity index (χ4n) is 3.27. The summed E-state index contributed by atoms with van der Waals surface area (Å²) >= 11 is 0. The number of aromatic nitrogens is 2. The largest absolute Gasteiger partial charge is 0.497 e. The van der Waals surface area contributed by atoms with Crippen molar-refractivity contribution in [1.82, 2.24) is 15.1 Å². The Balaban J connectivity index is 1.39. The lowest BCUT2D eigenvalue weighted by Gasteiger charge is -2.09. The number of para-hydroxylation sites is 1. The first-order chi connectivity index (χ1) is 15.5. The first kappa shape index (κ1) is 21.0. The van der Waals surface area contributed by atoms with Crippen molar-refractivity contribution in [2.75, 3.05) is 13.7 Å². The summed E-state index contributed by atoms with van der Waals surface area (Å²) in [4.78, 5) is 36.7. The van der Waals surface area contributed by atoms with Gasteiger partial charge in [0, 0.05) is 30.1 Å². The highest BCUT2D eigenvalue weighted by Crippen LogP contribution is 2.19. The maximum atomic E-state index is 12.4. The Morgan fingerprint density at radius 2 is 1.84 bits per heavy atom. The van der Waals surface area contributed by atoms with Gasteiger partial charge in [0.1, 0.15) is 16.9 Å². The summed E-state index contributed by atoms with van der Waals surface area (Å²) in [5.74, 6) is 0.218. The molecule has 0 radical (unpaired) electrons. The zero-order chi connectivity index (χ0) is 22.5. The smallest absolute Gasteiger partial charge is 0.349 e. The number of hydrogen-bond acceptors (Lipinski definition) is 6. The van der Waals surface area contributed by atoms with E-state index in [1.165, 1.54) is 16.8 Å². The van der Waals surface area contributed by atoms with Crippen LogP contribution >= 0.6 is 0 Å². The molecule has 32 heavy (non-hydrogen) atoms. The van der Waals surface area contributed by atoms with Gasteiger partial charge in [0.25, 0.3) is 11.5 Å². The summed E-state index contributed by atoms with van der Waals surface area (Å²) in [5, 5.41) is 7.77. The van der Waals surface area contributed by atoms with Crippen LogP contribution in [0.4, 0.5) is 0 Å². The third-order valence-electron chi connectivity index (χ3n) is 4.97. The molecule has 0 aliphatic heterocycles. The molecule has 2 aromatic carbocycles. The average Bonchev–Trinajstić information content (AvgIpc) is 2.82. The van der Waals surface area contributed by atoms with Crippen molar-refractivity contribution < 1.29 is 13.9 Å². The molecular weight excluding hydrogens is 410 g/mol. The quantitative estimate of drug-likeness (QED) is 0.357. The number of methoxy groups -OCH3 is 1. The third kappa shape index (κ3) is 4.59. The normalized spacial score (nSPS) is 10.8. The van der Waals surface area contributed by atoms with E-state index in [4.69, 9.17) is 9.15 Å². The van der Waals surface area contributed by atoms with Crippen molar-refractivity contribution in [2.45, 2.75) is 13.0 Å². The van der Waals surface area contributed by atoms with Gasteiger partial charge in [-0.2, -0.15) is 5.10 Å². The Morgan fingerprint density at radius 3 is 2.62 bits per heavy atom. The second kappa shape index (κ2) is 9.30. The van der Waals surface area contributed by atoms with Gasteiger partial charge >= 0.3 is 5.63 Å². The van der Waals surface area contributed by atoms with Crippen LogP contribution in [0.15, 0.2) is 80.7 Å². The minimum atomic E-state index is -0.689. The van der Waals surface area contributed by atoms with Crippen molar-refractivity contribution in [3.05, 3.63) is 93.1 Å². The van der Waals surface area contributed by atoms with Gasteiger partial charge in [0.2, 0.25) is 0 Å². The molecule has 0 unspecified atom stereocenters. The molecule has 162 valence electrons. The average molecular weight is 431 g/mol. The molecule has 2 aromatic heterocycles. The lowest BCUT2D eigenvalue weighted by molar-refractivity contribution is 0.0949. The Kier molecular flexibility index (Phi) is 6.12. The van der Waals surface area contributed by atoms with Crippen LogP contribution in [0.5, 0.6) is 5.75 Å². The fourth-order valence-corrected chi connectivity index (χ4v) is 3.27. The predicted octanol–water partition coefficient (Wildman–Crippen LogP) is 2.85. The number of nitrogens with zero attached hydrogens (tertiary/aromatic N) is 2. The van der Waals surface area contributed by atoms with E-state index in [2.05, 4.69) is 10.4 Å². The van der Waals surface area contributed by atoms with E-state index in [0.29, 0.717) is 29.6 Å². The lowest BCUT2D eigenvalue weighted by atomic mass is 10.1. The molecule has 8 nitrogen and oxygen atoms in total. The molecule has 2 heterocycles. The maximum Gasteiger partial charge on any atom is 0.349 e. The number of nitrogens with one attached hydrogen (secondary N) is 1. The van der Waals surface area contributed by atoms with Gasteiger partial charge in [0.05, 0.1) is 12.8 Å². The third-order valence-corrected chi connectivity index (χ3v) is 4.97. The van der Waals surface area contributed by atoms with Crippen LogP contribution in [-0.2, 0) is 6.54 Å². The van der Waals surface area contributed by atoms with Crippen LogP contribution in [0.2, 0.25) is 0 Å². The summed E-state index contributed by atoms with van der Waals surface area (Å²) in [6, 6.07) is 19.0. The van der Waals surface area contributed by atoms with Gasteiger partial charge in [0.15, 0.2) is 0 Å². The van der Waals surface area contributed by atoms with Crippen LogP contribution in [0.25, 0.3) is 22.2 Å². The number of carbonyl (C=O) groups excluding carboxylic acids is 1. The second-order valence-electron chi connectivity index (χ2n) is 7.10. The first-order valence-electron chi connectivity index (χ1n) is 10.1. The number of fused-ring (bicyclic) bond motifs is 1. The van der Waals surface area contributed by atoms with E-state index in [1.54, 1.807) is 37.4 Å². The standard InChI is InChI=1S/C24H21N3O5/c1-31-18-9-7-16(8-10-18)20-11-12-22(28)27(26-20)14-4-13-25-23(29)19-15-17-5-2-3-6-21(17)32-24(19)30/h2-3,5-12,15H,4,13-14H2,1H3,(H,25,29). The van der Waals surface area contributed by atoms with Gasteiger partial charge in [-0.3, -0.25) is 9.59 Å². The van der Waals surface area contributed by atoms with E-state index in [0.717, 1.165) is 11.3 Å². The van der Waals surface area contributed by atoms with Gasteiger partial charge in [-0.15, -0.1) is 0 Å². The Labute approximate surface area is 183 Å². The number of rotatable bonds is 7. The van der Waals surface area contributed by atoms with E-state index in [1.807, 2.05) is 24.3 Å². The number of amides is 1. The number of aryl methyl sites for hydroxylation is 1. The summed E-state index contributed by atoms with van der Waals surface area (Å²) in [5.41, 5.74) is 0.965. The zero-order valence-electron chi connectivity index (χ0n) is 17.4. The summed E-state index contributed by atoms with van der Waals surface area (Å²) in [7, 11) is 1.60. The highest BCUT2D eigenvalue weighted by Gasteiger charge is 2.13. The van der Waals surface area contributed by atoms with Gasteiger partial charge in [-0.05, 0) is 48.9 Å². The monoisotopic (exact) mass is 431 g/mol. The van der Waals surface area contributed by atoms with Gasteiger partial charge in [-0.1, -0.05) is 18.2 Å². The molecule has 1 amide bonds. The molecule has 0 bridgehead atoms. The Bertz CT molecular complexity index is 1370. The molecule has 0 saturated carbocycles. The van der Waals surface area contributed by atoms with Crippen molar-refractivity contribution in [3.8, 4) is 17.0 Å². The Hall–Kier alpha value is -4.20.